The van der Waals surface area contributed by atoms with E-state index >= 15 is 0 Å². The lowest BCUT2D eigenvalue weighted by Crippen LogP contribution is -2.42. The molecular weight excluding hydrogens is 326 g/mol. The van der Waals surface area contributed by atoms with E-state index in [0.717, 1.165) is 17.5 Å². The van der Waals surface area contributed by atoms with Crippen molar-refractivity contribution in [2.24, 2.45) is 5.73 Å². The van der Waals surface area contributed by atoms with Gasteiger partial charge in [-0.05, 0) is 30.2 Å². The molecule has 1 atom stereocenters. The molecule has 0 fully saturated rings. The summed E-state index contributed by atoms with van der Waals surface area (Å²) in [5.74, 6) is 0. The topological polar surface area (TPSA) is 63.4 Å². The van der Waals surface area contributed by atoms with Gasteiger partial charge in [0.25, 0.3) is 0 Å². The maximum Gasteiger partial charge on any atom is 0.249 e. The van der Waals surface area contributed by atoms with Crippen LogP contribution in [0, 0.1) is 0 Å². The maximum atomic E-state index is 14.1. The fraction of sp³-hybridized carbons (Fsp3) is 0.474. The van der Waals surface area contributed by atoms with Crippen molar-refractivity contribution in [3.63, 3.8) is 0 Å². The molecule has 0 aromatic heterocycles. The van der Waals surface area contributed by atoms with Crippen LogP contribution in [-0.4, -0.2) is 20.8 Å². The van der Waals surface area contributed by atoms with Gasteiger partial charge < -0.3 is 10.6 Å². The predicted molar refractivity (Wildman–Crippen MR) is 101 cm³/mol. The van der Waals surface area contributed by atoms with Crippen LogP contribution in [0.1, 0.15) is 43.6 Å². The minimum Gasteiger partial charge on any atom is -0.361 e. The first kappa shape index (κ1) is 22.9. The molecule has 0 saturated heterocycles. The number of rotatable bonds is 2. The van der Waals surface area contributed by atoms with Gasteiger partial charge in [-0.15, -0.1) is 0 Å². The highest BCUT2D eigenvalue weighted by atomic mass is 19.1. The zero-order chi connectivity index (χ0) is 19.6. The SMILES string of the molecule is CC.CCc1ccc2c(c1)CN(c1cc(=O)c1=O)CC2F.CF.CN. The lowest BCUT2D eigenvalue weighted by molar-refractivity contribution is 0.329. The number of benzene rings is 1. The summed E-state index contributed by atoms with van der Waals surface area (Å²) in [6.45, 7) is 6.68. The van der Waals surface area contributed by atoms with Crippen LogP contribution in [0.25, 0.3) is 0 Å². The van der Waals surface area contributed by atoms with E-state index in [4.69, 9.17) is 0 Å². The quantitative estimate of drug-likeness (QED) is 0.842. The standard InChI is InChI=1S/C15H14FNO2.C2H6.CH3F.CH5N/c1-2-9-3-4-11-10(5-9)7-17(8-12(11)16)13-6-14(18)15(13)19;3*1-2/h3-6,12H,2,7-8H2,1H3;1-2H3;1H3;2H2,1H3. The average Bonchev–Trinajstić information content (AvgIpc) is 2.69. The number of nitrogens with two attached hydrogens (primary N) is 1. The smallest absolute Gasteiger partial charge is 0.249 e. The summed E-state index contributed by atoms with van der Waals surface area (Å²) < 4.78 is 23.6. The van der Waals surface area contributed by atoms with Crippen molar-refractivity contribution < 1.29 is 8.78 Å². The Morgan fingerprint density at radius 2 is 1.76 bits per heavy atom. The predicted octanol–water partition coefficient (Wildman–Crippen LogP) is 3.06. The van der Waals surface area contributed by atoms with Crippen LogP contribution in [0.5, 0.6) is 0 Å². The molecule has 1 heterocycles. The Balaban J connectivity index is 0.000000871. The highest BCUT2D eigenvalue weighted by Crippen LogP contribution is 2.31. The van der Waals surface area contributed by atoms with Crippen molar-refractivity contribution in [3.05, 3.63) is 61.4 Å². The molecule has 1 aliphatic heterocycles. The summed E-state index contributed by atoms with van der Waals surface area (Å²) in [5.41, 5.74) is 6.62. The molecule has 0 radical (unpaired) electrons. The van der Waals surface area contributed by atoms with Gasteiger partial charge in [0.05, 0.1) is 19.4 Å². The number of fused-ring (bicyclic) bond motifs is 1. The average molecular weight is 354 g/mol. The maximum absolute atomic E-state index is 14.1. The van der Waals surface area contributed by atoms with Gasteiger partial charge >= 0.3 is 0 Å². The molecule has 2 aromatic rings. The van der Waals surface area contributed by atoms with Crippen LogP contribution in [0.4, 0.5) is 14.5 Å². The van der Waals surface area contributed by atoms with Crippen LogP contribution in [0.2, 0.25) is 0 Å². The van der Waals surface area contributed by atoms with Gasteiger partial charge in [-0.2, -0.15) is 0 Å². The van der Waals surface area contributed by atoms with Crippen molar-refractivity contribution in [2.75, 3.05) is 25.7 Å². The van der Waals surface area contributed by atoms with E-state index in [1.807, 2.05) is 39.0 Å². The third-order valence-electron chi connectivity index (χ3n) is 3.76. The Kier molecular flexibility index (Phi) is 10.5. The van der Waals surface area contributed by atoms with Gasteiger partial charge in [0.15, 0.2) is 0 Å². The molecule has 140 valence electrons. The number of hydrogen-bond acceptors (Lipinski definition) is 4. The molecule has 0 spiro atoms. The molecule has 6 heteroatoms. The second kappa shape index (κ2) is 11.5. The van der Waals surface area contributed by atoms with Crippen molar-refractivity contribution in [3.8, 4) is 0 Å². The second-order valence-corrected chi connectivity index (χ2v) is 4.96. The highest BCUT2D eigenvalue weighted by molar-refractivity contribution is 5.53. The number of anilines is 1. The fourth-order valence-corrected chi connectivity index (χ4v) is 2.61. The van der Waals surface area contributed by atoms with Crippen LogP contribution < -0.4 is 21.5 Å². The van der Waals surface area contributed by atoms with Crippen molar-refractivity contribution in [1.29, 1.82) is 0 Å². The van der Waals surface area contributed by atoms with Crippen molar-refractivity contribution >= 4 is 5.69 Å². The molecule has 4 nitrogen and oxygen atoms in total. The third kappa shape index (κ3) is 5.19. The van der Waals surface area contributed by atoms with E-state index in [0.29, 0.717) is 25.0 Å². The lowest BCUT2D eigenvalue weighted by Gasteiger charge is -2.33. The lowest BCUT2D eigenvalue weighted by atomic mass is 9.94. The molecular formula is C19H28F2N2O2. The summed E-state index contributed by atoms with van der Waals surface area (Å²) in [4.78, 5) is 24.0. The highest BCUT2D eigenvalue weighted by Gasteiger charge is 2.28. The molecule has 2 N–H and O–H groups in total. The van der Waals surface area contributed by atoms with Crippen molar-refractivity contribution in [1.82, 2.24) is 0 Å². The largest absolute Gasteiger partial charge is 0.361 e. The molecule has 1 unspecified atom stereocenters. The molecule has 0 aliphatic carbocycles. The molecule has 25 heavy (non-hydrogen) atoms. The van der Waals surface area contributed by atoms with E-state index in [-0.39, 0.29) is 6.54 Å². The van der Waals surface area contributed by atoms with Gasteiger partial charge in [-0.1, -0.05) is 39.0 Å². The summed E-state index contributed by atoms with van der Waals surface area (Å²) >= 11 is 0. The summed E-state index contributed by atoms with van der Waals surface area (Å²) in [6.07, 6.45) is -0.219. The van der Waals surface area contributed by atoms with Gasteiger partial charge in [-0.25, -0.2) is 4.39 Å². The second-order valence-electron chi connectivity index (χ2n) is 4.96. The van der Waals surface area contributed by atoms with Gasteiger partial charge in [-0.3, -0.25) is 14.0 Å². The van der Waals surface area contributed by atoms with Crippen molar-refractivity contribution in [2.45, 2.75) is 39.9 Å². The summed E-state index contributed by atoms with van der Waals surface area (Å²) in [7, 11) is 2.00. The number of nitrogens with zero attached hydrogens (tertiary/aromatic N) is 1. The van der Waals surface area contributed by atoms with E-state index < -0.39 is 17.0 Å². The molecule has 0 saturated carbocycles. The van der Waals surface area contributed by atoms with E-state index in [9.17, 15) is 18.4 Å². The fourth-order valence-electron chi connectivity index (χ4n) is 2.61. The third-order valence-corrected chi connectivity index (χ3v) is 3.76. The summed E-state index contributed by atoms with van der Waals surface area (Å²) in [6, 6.07) is 7.06. The number of halogens is 2. The Morgan fingerprint density at radius 3 is 2.24 bits per heavy atom. The monoisotopic (exact) mass is 354 g/mol. The van der Waals surface area contributed by atoms with E-state index in [2.05, 4.69) is 5.73 Å². The normalized spacial score (nSPS) is 14.9. The Morgan fingerprint density at radius 1 is 1.16 bits per heavy atom. The number of aryl methyl sites for hydroxylation is 1. The minimum absolute atomic E-state index is 0.142. The Hall–Kier alpha value is -2.08. The Bertz CT molecular complexity index is 710. The minimum atomic E-state index is -1.11. The zero-order valence-corrected chi connectivity index (χ0v) is 15.6. The van der Waals surface area contributed by atoms with Crippen LogP contribution in [-0.2, 0) is 13.0 Å². The van der Waals surface area contributed by atoms with Gasteiger partial charge in [0.1, 0.15) is 6.17 Å². The van der Waals surface area contributed by atoms with E-state index in [1.165, 1.54) is 13.1 Å². The molecule has 3 rings (SSSR count). The van der Waals surface area contributed by atoms with Gasteiger partial charge in [0.2, 0.25) is 10.9 Å². The number of hydrogen-bond donors (Lipinski definition) is 1. The molecule has 0 amide bonds. The molecule has 1 aliphatic rings. The van der Waals surface area contributed by atoms with Crippen LogP contribution in [0.15, 0.2) is 33.9 Å². The van der Waals surface area contributed by atoms with Crippen LogP contribution in [0.3, 0.4) is 0 Å². The van der Waals surface area contributed by atoms with Gasteiger partial charge in [0, 0.05) is 12.6 Å². The van der Waals surface area contributed by atoms with E-state index in [1.54, 1.807) is 4.90 Å². The first-order valence-corrected chi connectivity index (χ1v) is 8.36. The summed E-state index contributed by atoms with van der Waals surface area (Å²) in [5, 5.41) is 0. The zero-order valence-electron chi connectivity index (χ0n) is 15.6. The first-order chi connectivity index (χ1) is 12.1. The number of alkyl halides is 2. The molecule has 2 aromatic carbocycles. The Labute approximate surface area is 148 Å². The first-order valence-electron chi connectivity index (χ1n) is 8.36. The van der Waals surface area contributed by atoms with Crippen LogP contribution >= 0.6 is 0 Å². The molecule has 0 bridgehead atoms.